The third-order valence-electron chi connectivity index (χ3n) is 3.43. The predicted molar refractivity (Wildman–Crippen MR) is 92.0 cm³/mol. The lowest BCUT2D eigenvalue weighted by atomic mass is 10.2. The Labute approximate surface area is 149 Å². The lowest BCUT2D eigenvalue weighted by molar-refractivity contribution is -0.223. The molecule has 0 aliphatic carbocycles. The van der Waals surface area contributed by atoms with Crippen molar-refractivity contribution in [3.63, 3.8) is 0 Å². The fourth-order valence-corrected chi connectivity index (χ4v) is 2.19. The Hall–Kier alpha value is -1.06. The van der Waals surface area contributed by atoms with Gasteiger partial charge in [0.25, 0.3) is 0 Å². The van der Waals surface area contributed by atoms with E-state index in [2.05, 4.69) is 12.1 Å². The minimum atomic E-state index is 0.373. The molecule has 1 aromatic rings. The van der Waals surface area contributed by atoms with E-state index in [0.29, 0.717) is 79.3 Å². The van der Waals surface area contributed by atoms with Crippen molar-refractivity contribution in [3.05, 3.63) is 35.9 Å². The van der Waals surface area contributed by atoms with Gasteiger partial charge in [0.15, 0.2) is 0 Å². The van der Waals surface area contributed by atoms with Gasteiger partial charge in [-0.3, -0.25) is 4.84 Å². The fourth-order valence-electron chi connectivity index (χ4n) is 2.19. The Kier molecular flexibility index (Phi) is 11.5. The lowest BCUT2D eigenvalue weighted by Crippen LogP contribution is -2.29. The molecule has 142 valence electrons. The van der Waals surface area contributed by atoms with Gasteiger partial charge in [-0.2, -0.15) is 5.06 Å². The molecule has 1 aromatic carbocycles. The molecule has 0 unspecified atom stereocenters. The average molecular weight is 355 g/mol. The second kappa shape index (κ2) is 14.1. The Bertz CT molecular complexity index is 401. The second-order valence-electron chi connectivity index (χ2n) is 5.45. The van der Waals surface area contributed by atoms with E-state index < -0.39 is 0 Å². The van der Waals surface area contributed by atoms with E-state index in [0.717, 1.165) is 5.56 Å². The molecule has 0 radical (unpaired) electrons. The average Bonchev–Trinajstić information content (AvgIpc) is 2.64. The normalized spacial score (nSPS) is 21.3. The van der Waals surface area contributed by atoms with Crippen LogP contribution in [0.4, 0.5) is 0 Å². The van der Waals surface area contributed by atoms with Gasteiger partial charge in [-0.05, 0) is 5.56 Å². The van der Waals surface area contributed by atoms with Gasteiger partial charge in [0.05, 0.1) is 72.6 Å². The van der Waals surface area contributed by atoms with E-state index in [1.807, 2.05) is 18.2 Å². The summed E-state index contributed by atoms with van der Waals surface area (Å²) in [5.41, 5.74) is 1.16. The second-order valence-corrected chi connectivity index (χ2v) is 5.45. The molecule has 1 fully saturated rings. The highest BCUT2D eigenvalue weighted by Gasteiger charge is 2.07. The maximum Gasteiger partial charge on any atom is 0.122 e. The highest BCUT2D eigenvalue weighted by molar-refractivity contribution is 5.13. The first-order chi connectivity index (χ1) is 12.4. The van der Waals surface area contributed by atoms with Crippen LogP contribution in [-0.2, 0) is 35.1 Å². The molecule has 7 nitrogen and oxygen atoms in total. The van der Waals surface area contributed by atoms with Crippen molar-refractivity contribution in [3.8, 4) is 0 Å². The molecule has 0 N–H and O–H groups in total. The number of ether oxygens (including phenoxy) is 5. The topological polar surface area (TPSA) is 58.6 Å². The first kappa shape index (κ1) is 20.3. The van der Waals surface area contributed by atoms with Crippen molar-refractivity contribution in [2.75, 3.05) is 72.8 Å². The number of hydroxylamine groups is 2. The van der Waals surface area contributed by atoms with E-state index in [-0.39, 0.29) is 0 Å². The summed E-state index contributed by atoms with van der Waals surface area (Å²) in [6, 6.07) is 10.1. The molecule has 1 saturated heterocycles. The molecule has 2 rings (SSSR count). The van der Waals surface area contributed by atoms with Crippen LogP contribution in [0.1, 0.15) is 5.56 Å². The molecule has 0 saturated carbocycles. The summed E-state index contributed by atoms with van der Waals surface area (Å²) in [6.07, 6.45) is 0. The molecule has 0 amide bonds. The summed E-state index contributed by atoms with van der Waals surface area (Å²) in [4.78, 5) is 5.77. The van der Waals surface area contributed by atoms with Crippen molar-refractivity contribution in [1.82, 2.24) is 5.06 Å². The van der Waals surface area contributed by atoms with Crippen molar-refractivity contribution in [2.45, 2.75) is 6.54 Å². The Morgan fingerprint density at radius 2 is 1.08 bits per heavy atom. The van der Waals surface area contributed by atoms with Crippen LogP contribution in [0.25, 0.3) is 0 Å². The highest BCUT2D eigenvalue weighted by Crippen LogP contribution is 2.05. The summed E-state index contributed by atoms with van der Waals surface area (Å²) in [5, 5.41) is 1.79. The SMILES string of the molecule is c1ccc(CN2COCCOCCOCCOCCOCCO2)cc1. The zero-order valence-corrected chi connectivity index (χ0v) is 14.8. The lowest BCUT2D eigenvalue weighted by Gasteiger charge is -2.22. The molecular weight excluding hydrogens is 326 g/mol. The third kappa shape index (κ3) is 10.5. The van der Waals surface area contributed by atoms with E-state index in [1.54, 1.807) is 5.06 Å². The zero-order valence-electron chi connectivity index (χ0n) is 14.8. The van der Waals surface area contributed by atoms with E-state index in [1.165, 1.54) is 0 Å². The molecular formula is C18H29NO6. The van der Waals surface area contributed by atoms with Gasteiger partial charge in [0.2, 0.25) is 0 Å². The molecule has 25 heavy (non-hydrogen) atoms. The van der Waals surface area contributed by atoms with Crippen LogP contribution < -0.4 is 0 Å². The largest absolute Gasteiger partial charge is 0.377 e. The standard InChI is InChI=1S/C18H29NO6/c1-2-4-18(5-3-1)16-19-17-24-13-12-22-9-8-20-6-7-21-10-11-23-14-15-25-19/h1-5H,6-17H2. The van der Waals surface area contributed by atoms with Crippen molar-refractivity contribution < 1.29 is 28.5 Å². The summed E-state index contributed by atoms with van der Waals surface area (Å²) in [6.45, 7) is 6.38. The number of rotatable bonds is 2. The monoisotopic (exact) mass is 355 g/mol. The molecule has 0 bridgehead atoms. The van der Waals surface area contributed by atoms with Gasteiger partial charge < -0.3 is 23.7 Å². The van der Waals surface area contributed by atoms with Crippen LogP contribution in [0.15, 0.2) is 30.3 Å². The van der Waals surface area contributed by atoms with Gasteiger partial charge in [0, 0.05) is 0 Å². The number of hydrogen-bond acceptors (Lipinski definition) is 7. The summed E-state index contributed by atoms with van der Waals surface area (Å²) < 4.78 is 27.4. The molecule has 0 aromatic heterocycles. The molecule has 0 atom stereocenters. The fraction of sp³-hybridized carbons (Fsp3) is 0.667. The Morgan fingerprint density at radius 3 is 1.64 bits per heavy atom. The van der Waals surface area contributed by atoms with Crippen molar-refractivity contribution in [2.24, 2.45) is 0 Å². The van der Waals surface area contributed by atoms with Gasteiger partial charge in [-0.15, -0.1) is 0 Å². The van der Waals surface area contributed by atoms with Gasteiger partial charge >= 0.3 is 0 Å². The van der Waals surface area contributed by atoms with E-state index in [4.69, 9.17) is 28.5 Å². The van der Waals surface area contributed by atoms with Crippen LogP contribution in [0.5, 0.6) is 0 Å². The smallest absolute Gasteiger partial charge is 0.122 e. The maximum atomic E-state index is 5.77. The van der Waals surface area contributed by atoms with Crippen molar-refractivity contribution in [1.29, 1.82) is 0 Å². The molecule has 1 heterocycles. The number of benzene rings is 1. The number of hydrogen-bond donors (Lipinski definition) is 0. The van der Waals surface area contributed by atoms with Crippen LogP contribution in [-0.4, -0.2) is 77.9 Å². The Balaban J connectivity index is 1.73. The minimum absolute atomic E-state index is 0.373. The molecule has 1 aliphatic rings. The third-order valence-corrected chi connectivity index (χ3v) is 3.43. The molecule has 0 spiro atoms. The van der Waals surface area contributed by atoms with Crippen molar-refractivity contribution >= 4 is 0 Å². The molecule has 1 aliphatic heterocycles. The quantitative estimate of drug-likeness (QED) is 0.796. The van der Waals surface area contributed by atoms with E-state index in [9.17, 15) is 0 Å². The Morgan fingerprint density at radius 1 is 0.600 bits per heavy atom. The zero-order chi connectivity index (χ0) is 17.4. The molecule has 7 heteroatoms. The van der Waals surface area contributed by atoms with Gasteiger partial charge in [-0.1, -0.05) is 30.3 Å². The maximum absolute atomic E-state index is 5.77. The van der Waals surface area contributed by atoms with Crippen LogP contribution in [0.3, 0.4) is 0 Å². The van der Waals surface area contributed by atoms with Gasteiger partial charge in [-0.25, -0.2) is 0 Å². The van der Waals surface area contributed by atoms with Crippen LogP contribution in [0.2, 0.25) is 0 Å². The van der Waals surface area contributed by atoms with Gasteiger partial charge in [0.1, 0.15) is 6.73 Å². The van der Waals surface area contributed by atoms with E-state index >= 15 is 0 Å². The predicted octanol–water partition coefficient (Wildman–Crippen LogP) is 1.47. The first-order valence-electron chi connectivity index (χ1n) is 8.75. The van der Waals surface area contributed by atoms with Crippen LogP contribution in [0, 0.1) is 0 Å². The first-order valence-corrected chi connectivity index (χ1v) is 8.75. The van der Waals surface area contributed by atoms with Crippen LogP contribution >= 0.6 is 0 Å². The highest BCUT2D eigenvalue weighted by atomic mass is 16.7. The summed E-state index contributed by atoms with van der Waals surface area (Å²) in [5.74, 6) is 0. The summed E-state index contributed by atoms with van der Waals surface area (Å²) >= 11 is 0. The number of nitrogens with zero attached hydrogens (tertiary/aromatic N) is 1. The minimum Gasteiger partial charge on any atom is -0.377 e. The summed E-state index contributed by atoms with van der Waals surface area (Å²) in [7, 11) is 0.